The lowest BCUT2D eigenvalue weighted by atomic mass is 10.00. The molecule has 2 heteroatoms. The second kappa shape index (κ2) is 8.51. The largest absolute Gasteiger partial charge is 0.388 e. The Balaban J connectivity index is 1.75. The SMILES string of the molecule is C=CC(CC(O)c1ccc(-c2ccccc2)cc1)[Si](C)(C)c1ccccc1. The van der Waals surface area contributed by atoms with Crippen LogP contribution in [0.15, 0.2) is 97.6 Å². The molecule has 2 atom stereocenters. The summed E-state index contributed by atoms with van der Waals surface area (Å²) in [6.45, 7) is 8.80. The highest BCUT2D eigenvalue weighted by atomic mass is 28.3. The molecule has 0 aromatic heterocycles. The van der Waals surface area contributed by atoms with E-state index in [9.17, 15) is 5.11 Å². The monoisotopic (exact) mass is 372 g/mol. The number of hydrogen-bond acceptors (Lipinski definition) is 1. The van der Waals surface area contributed by atoms with Crippen molar-refractivity contribution in [3.8, 4) is 11.1 Å². The molecule has 0 bridgehead atoms. The molecule has 3 rings (SSSR count). The summed E-state index contributed by atoms with van der Waals surface area (Å²) in [7, 11) is -1.75. The van der Waals surface area contributed by atoms with Crippen molar-refractivity contribution in [1.82, 2.24) is 0 Å². The molecule has 0 heterocycles. The third-order valence-electron chi connectivity index (χ3n) is 5.61. The smallest absolute Gasteiger partial charge is 0.0874 e. The van der Waals surface area contributed by atoms with Crippen molar-refractivity contribution in [2.45, 2.75) is 31.2 Å². The van der Waals surface area contributed by atoms with Gasteiger partial charge in [-0.15, -0.1) is 6.58 Å². The Bertz CT molecular complexity index is 854. The van der Waals surface area contributed by atoms with E-state index < -0.39 is 14.2 Å². The minimum atomic E-state index is -1.75. The van der Waals surface area contributed by atoms with Crippen LogP contribution in [0.3, 0.4) is 0 Å². The number of hydrogen-bond donors (Lipinski definition) is 1. The van der Waals surface area contributed by atoms with Crippen LogP contribution in [0.1, 0.15) is 18.1 Å². The summed E-state index contributed by atoms with van der Waals surface area (Å²) in [6.07, 6.45) is 2.27. The van der Waals surface area contributed by atoms with Crippen LogP contribution in [0.4, 0.5) is 0 Å². The van der Waals surface area contributed by atoms with Crippen LogP contribution in [0, 0.1) is 0 Å². The predicted octanol–water partition coefficient (Wildman–Crippen LogP) is 5.95. The van der Waals surface area contributed by atoms with Gasteiger partial charge in [0.15, 0.2) is 0 Å². The van der Waals surface area contributed by atoms with E-state index in [1.165, 1.54) is 16.3 Å². The molecule has 2 unspecified atom stereocenters. The molecule has 27 heavy (non-hydrogen) atoms. The second-order valence-corrected chi connectivity index (χ2v) is 12.4. The molecule has 0 saturated heterocycles. The Hall–Kier alpha value is -2.42. The van der Waals surface area contributed by atoms with Gasteiger partial charge in [-0.1, -0.05) is 109 Å². The van der Waals surface area contributed by atoms with Crippen LogP contribution in [0.5, 0.6) is 0 Å². The molecule has 0 aliphatic heterocycles. The lowest BCUT2D eigenvalue weighted by Gasteiger charge is -2.32. The van der Waals surface area contributed by atoms with Gasteiger partial charge < -0.3 is 5.11 Å². The van der Waals surface area contributed by atoms with Gasteiger partial charge in [0.2, 0.25) is 0 Å². The molecule has 0 spiro atoms. The topological polar surface area (TPSA) is 20.2 Å². The highest BCUT2D eigenvalue weighted by Gasteiger charge is 2.33. The van der Waals surface area contributed by atoms with Gasteiger partial charge in [0.25, 0.3) is 0 Å². The minimum Gasteiger partial charge on any atom is -0.388 e. The molecule has 0 fully saturated rings. The molecule has 3 aromatic carbocycles. The van der Waals surface area contributed by atoms with Gasteiger partial charge in [-0.25, -0.2) is 0 Å². The average molecular weight is 373 g/mol. The first-order valence-electron chi connectivity index (χ1n) is 9.54. The summed E-state index contributed by atoms with van der Waals surface area (Å²) in [5.41, 5.74) is 3.65. The van der Waals surface area contributed by atoms with E-state index in [0.29, 0.717) is 12.0 Å². The van der Waals surface area contributed by atoms with Gasteiger partial charge in [0.05, 0.1) is 14.2 Å². The van der Waals surface area contributed by atoms with Gasteiger partial charge in [-0.3, -0.25) is 0 Å². The lowest BCUT2D eigenvalue weighted by molar-refractivity contribution is 0.168. The summed E-state index contributed by atoms with van der Waals surface area (Å²) in [5, 5.41) is 12.3. The zero-order valence-electron chi connectivity index (χ0n) is 16.2. The second-order valence-electron chi connectivity index (χ2n) is 7.67. The first-order valence-corrected chi connectivity index (χ1v) is 12.6. The van der Waals surface area contributed by atoms with Crippen molar-refractivity contribution < 1.29 is 5.11 Å². The summed E-state index contributed by atoms with van der Waals surface area (Å²) < 4.78 is 0. The fourth-order valence-corrected chi connectivity index (χ4v) is 6.55. The normalized spacial score (nSPS) is 13.7. The number of rotatable bonds is 7. The molecule has 0 amide bonds. The lowest BCUT2D eigenvalue weighted by Crippen LogP contribution is -2.45. The van der Waals surface area contributed by atoms with Crippen LogP contribution >= 0.6 is 0 Å². The van der Waals surface area contributed by atoms with Gasteiger partial charge >= 0.3 is 0 Å². The van der Waals surface area contributed by atoms with Crippen molar-refractivity contribution in [3.05, 3.63) is 103 Å². The Labute approximate surface area is 164 Å². The fourth-order valence-electron chi connectivity index (χ4n) is 3.67. The highest BCUT2D eigenvalue weighted by molar-refractivity contribution is 6.91. The van der Waals surface area contributed by atoms with E-state index in [-0.39, 0.29) is 0 Å². The summed E-state index contributed by atoms with van der Waals surface area (Å²) >= 11 is 0. The molecule has 3 aromatic rings. The van der Waals surface area contributed by atoms with E-state index in [0.717, 1.165) is 5.56 Å². The Morgan fingerprint density at radius 2 is 1.33 bits per heavy atom. The Kier molecular flexibility index (Phi) is 6.10. The minimum absolute atomic E-state index is 0.309. The van der Waals surface area contributed by atoms with E-state index >= 15 is 0 Å². The molecule has 1 N–H and O–H groups in total. The van der Waals surface area contributed by atoms with Gasteiger partial charge in [-0.2, -0.15) is 0 Å². The Morgan fingerprint density at radius 3 is 1.89 bits per heavy atom. The molecule has 0 aliphatic carbocycles. The quantitative estimate of drug-likeness (QED) is 0.401. The summed E-state index contributed by atoms with van der Waals surface area (Å²) in [5.74, 6) is 0. The molecule has 0 saturated carbocycles. The third-order valence-corrected chi connectivity index (χ3v) is 9.76. The third kappa shape index (κ3) is 4.47. The Morgan fingerprint density at radius 1 is 0.815 bits per heavy atom. The van der Waals surface area contributed by atoms with Crippen LogP contribution in [-0.4, -0.2) is 13.2 Å². The van der Waals surface area contributed by atoms with Crippen molar-refractivity contribution in [1.29, 1.82) is 0 Å². The zero-order valence-corrected chi connectivity index (χ0v) is 17.2. The first kappa shape index (κ1) is 19.3. The van der Waals surface area contributed by atoms with Crippen molar-refractivity contribution in [2.24, 2.45) is 0 Å². The van der Waals surface area contributed by atoms with Gasteiger partial charge in [0, 0.05) is 0 Å². The first-order chi connectivity index (χ1) is 13.0. The number of benzene rings is 3. The van der Waals surface area contributed by atoms with E-state index in [1.807, 2.05) is 36.4 Å². The standard InChI is InChI=1S/C25H28OSi/c1-4-23(27(2,3)24-13-9-6-10-14-24)19-25(26)22-17-15-21(16-18-22)20-11-7-5-8-12-20/h4-18,23,25-26H,1,19H2,2-3H3. The molecule has 0 aliphatic rings. The summed E-state index contributed by atoms with van der Waals surface area (Å²) in [4.78, 5) is 0. The van der Waals surface area contributed by atoms with Crippen molar-refractivity contribution in [3.63, 3.8) is 0 Å². The molecular formula is C25H28OSi. The summed E-state index contributed by atoms with van der Waals surface area (Å²) in [6, 6.07) is 29.3. The number of aliphatic hydroxyl groups is 1. The predicted molar refractivity (Wildman–Crippen MR) is 119 cm³/mol. The van der Waals surface area contributed by atoms with Crippen LogP contribution < -0.4 is 5.19 Å². The zero-order chi connectivity index (χ0) is 19.3. The van der Waals surface area contributed by atoms with Crippen LogP contribution in [0.2, 0.25) is 18.6 Å². The maximum atomic E-state index is 10.9. The van der Waals surface area contributed by atoms with Gasteiger partial charge in [-0.05, 0) is 28.7 Å². The molecular weight excluding hydrogens is 344 g/mol. The number of aliphatic hydroxyl groups excluding tert-OH is 1. The van der Waals surface area contributed by atoms with Crippen molar-refractivity contribution >= 4 is 13.3 Å². The van der Waals surface area contributed by atoms with E-state index in [2.05, 4.69) is 74.3 Å². The average Bonchev–Trinajstić information content (AvgIpc) is 2.73. The van der Waals surface area contributed by atoms with E-state index in [1.54, 1.807) is 0 Å². The van der Waals surface area contributed by atoms with Crippen LogP contribution in [0.25, 0.3) is 11.1 Å². The fraction of sp³-hybridized carbons (Fsp3) is 0.200. The van der Waals surface area contributed by atoms with E-state index in [4.69, 9.17) is 0 Å². The molecule has 1 nitrogen and oxygen atoms in total. The maximum absolute atomic E-state index is 10.9. The van der Waals surface area contributed by atoms with Gasteiger partial charge in [0.1, 0.15) is 0 Å². The molecule has 138 valence electrons. The number of allylic oxidation sites excluding steroid dienone is 1. The van der Waals surface area contributed by atoms with Crippen molar-refractivity contribution in [2.75, 3.05) is 0 Å². The van der Waals surface area contributed by atoms with Crippen LogP contribution in [-0.2, 0) is 0 Å². The highest BCUT2D eigenvalue weighted by Crippen LogP contribution is 2.33. The molecule has 0 radical (unpaired) electrons. The maximum Gasteiger partial charge on any atom is 0.0874 e.